The third kappa shape index (κ3) is 3.39. The molecule has 2 N–H and O–H groups in total. The van der Waals surface area contributed by atoms with Crippen LogP contribution in [0, 0.1) is 6.92 Å². The summed E-state index contributed by atoms with van der Waals surface area (Å²) in [6.45, 7) is 1.77. The highest BCUT2D eigenvalue weighted by Gasteiger charge is 2.27. The van der Waals surface area contributed by atoms with Crippen LogP contribution in [0.3, 0.4) is 0 Å². The molecule has 2 rings (SSSR count). The summed E-state index contributed by atoms with van der Waals surface area (Å²) in [5.74, 6) is 0.270. The van der Waals surface area contributed by atoms with Gasteiger partial charge in [0.05, 0.1) is 27.8 Å². The largest absolute Gasteiger partial charge is 0.497 e. The van der Waals surface area contributed by atoms with Crippen LogP contribution in [0.25, 0.3) is 0 Å². The topological polar surface area (TPSA) is 93.4 Å². The predicted octanol–water partition coefficient (Wildman–Crippen LogP) is 1.72. The Morgan fingerprint density at radius 3 is 2.43 bits per heavy atom. The lowest BCUT2D eigenvalue weighted by molar-refractivity contribution is -0.140. The molecule has 2 aromatic rings. The first-order valence-corrected chi connectivity index (χ1v) is 7.07. The number of carbonyl (C=O) groups is 1. The number of hydrogen-bond donors (Lipinski definition) is 2. The lowest BCUT2D eigenvalue weighted by Crippen LogP contribution is -2.18. The van der Waals surface area contributed by atoms with Crippen molar-refractivity contribution in [3.8, 4) is 11.5 Å². The fourth-order valence-corrected chi connectivity index (χ4v) is 2.60. The van der Waals surface area contributed by atoms with Crippen molar-refractivity contribution in [2.24, 2.45) is 0 Å². The number of aryl methyl sites for hydroxylation is 1. The molecule has 0 aliphatic rings. The first-order chi connectivity index (χ1) is 11.0. The zero-order valence-corrected chi connectivity index (χ0v) is 13.6. The first-order valence-electron chi connectivity index (χ1n) is 7.07. The van der Waals surface area contributed by atoms with E-state index in [1.807, 2.05) is 0 Å². The summed E-state index contributed by atoms with van der Waals surface area (Å²) in [7, 11) is 4.40. The molecule has 124 valence electrons. The summed E-state index contributed by atoms with van der Waals surface area (Å²) in [6, 6.07) is 5.27. The molecule has 1 aromatic heterocycles. The molecule has 0 radical (unpaired) electrons. The lowest BCUT2D eigenvalue weighted by atomic mass is 9.88. The number of aromatic nitrogens is 2. The second kappa shape index (κ2) is 7.04. The summed E-state index contributed by atoms with van der Waals surface area (Å²) in [5, 5.41) is 5.32. The number of ether oxygens (including phenoxy) is 3. The Kier molecular flexibility index (Phi) is 5.10. The highest BCUT2D eigenvalue weighted by Crippen LogP contribution is 2.36. The standard InChI is InChI=1S/C16H20N2O5/c1-9-15(16(20)18-17-9)12(8-14(19)23-4)11-6-5-10(21-2)7-13(11)22-3/h5-7,12H,8H2,1-4H3,(H2,17,18,20). The van der Waals surface area contributed by atoms with Gasteiger partial charge in [0.15, 0.2) is 0 Å². The number of hydrogen-bond acceptors (Lipinski definition) is 5. The Balaban J connectivity index is 2.58. The summed E-state index contributed by atoms with van der Waals surface area (Å²) in [4.78, 5) is 24.0. The minimum absolute atomic E-state index is 0.0287. The number of rotatable bonds is 6. The van der Waals surface area contributed by atoms with Gasteiger partial charge in [-0.2, -0.15) is 0 Å². The smallest absolute Gasteiger partial charge is 0.306 e. The number of benzene rings is 1. The molecular weight excluding hydrogens is 300 g/mol. The minimum atomic E-state index is -0.488. The van der Waals surface area contributed by atoms with Gasteiger partial charge in [-0.05, 0) is 13.0 Å². The van der Waals surface area contributed by atoms with Crippen molar-refractivity contribution >= 4 is 5.97 Å². The van der Waals surface area contributed by atoms with Crippen LogP contribution in [0.2, 0.25) is 0 Å². The molecule has 0 aliphatic carbocycles. The zero-order valence-electron chi connectivity index (χ0n) is 13.6. The Morgan fingerprint density at radius 1 is 1.17 bits per heavy atom. The second-order valence-electron chi connectivity index (χ2n) is 5.06. The molecule has 0 bridgehead atoms. The van der Waals surface area contributed by atoms with Gasteiger partial charge < -0.3 is 19.3 Å². The van der Waals surface area contributed by atoms with Gasteiger partial charge in [0.2, 0.25) is 0 Å². The molecule has 0 fully saturated rings. The molecule has 7 nitrogen and oxygen atoms in total. The van der Waals surface area contributed by atoms with Gasteiger partial charge in [-0.1, -0.05) is 6.07 Å². The normalized spacial score (nSPS) is 11.8. The van der Waals surface area contributed by atoms with Crippen molar-refractivity contribution in [1.82, 2.24) is 10.2 Å². The van der Waals surface area contributed by atoms with Crippen LogP contribution in [-0.4, -0.2) is 37.5 Å². The van der Waals surface area contributed by atoms with E-state index in [-0.39, 0.29) is 12.0 Å². The third-order valence-electron chi connectivity index (χ3n) is 3.78. The van der Waals surface area contributed by atoms with Crippen LogP contribution < -0.4 is 15.0 Å². The molecule has 1 unspecified atom stereocenters. The third-order valence-corrected chi connectivity index (χ3v) is 3.78. The molecule has 1 heterocycles. The van der Waals surface area contributed by atoms with Gasteiger partial charge in [0.1, 0.15) is 11.5 Å². The van der Waals surface area contributed by atoms with E-state index in [1.165, 1.54) is 14.2 Å². The van der Waals surface area contributed by atoms with Gasteiger partial charge in [-0.3, -0.25) is 14.7 Å². The quantitative estimate of drug-likeness (QED) is 0.791. The Hall–Kier alpha value is -2.70. The van der Waals surface area contributed by atoms with E-state index in [9.17, 15) is 9.59 Å². The van der Waals surface area contributed by atoms with Crippen LogP contribution in [0.15, 0.2) is 23.0 Å². The van der Waals surface area contributed by atoms with E-state index in [0.29, 0.717) is 28.3 Å². The Morgan fingerprint density at radius 2 is 1.91 bits per heavy atom. The predicted molar refractivity (Wildman–Crippen MR) is 84.2 cm³/mol. The number of nitrogens with one attached hydrogen (secondary N) is 2. The van der Waals surface area contributed by atoms with Crippen LogP contribution >= 0.6 is 0 Å². The van der Waals surface area contributed by atoms with E-state index in [2.05, 4.69) is 10.2 Å². The van der Waals surface area contributed by atoms with Crippen molar-refractivity contribution in [2.45, 2.75) is 19.3 Å². The number of carbonyl (C=O) groups excluding carboxylic acids is 1. The number of methoxy groups -OCH3 is 3. The van der Waals surface area contributed by atoms with E-state index < -0.39 is 11.9 Å². The SMILES string of the molecule is COC(=O)CC(c1ccc(OC)cc1OC)c1c(C)[nH][nH]c1=O. The average Bonchev–Trinajstić information content (AvgIpc) is 2.90. The highest BCUT2D eigenvalue weighted by atomic mass is 16.5. The van der Waals surface area contributed by atoms with E-state index >= 15 is 0 Å². The molecule has 0 aliphatic heterocycles. The van der Waals surface area contributed by atoms with Crippen molar-refractivity contribution in [3.05, 3.63) is 45.4 Å². The van der Waals surface area contributed by atoms with Gasteiger partial charge in [0.25, 0.3) is 5.56 Å². The average molecular weight is 320 g/mol. The van der Waals surface area contributed by atoms with Crippen molar-refractivity contribution < 1.29 is 19.0 Å². The van der Waals surface area contributed by atoms with Gasteiger partial charge in [-0.25, -0.2) is 0 Å². The van der Waals surface area contributed by atoms with E-state index in [4.69, 9.17) is 14.2 Å². The van der Waals surface area contributed by atoms with Crippen LogP contribution in [0.5, 0.6) is 11.5 Å². The maximum Gasteiger partial charge on any atom is 0.306 e. The molecule has 0 saturated carbocycles. The molecule has 0 saturated heterocycles. The summed E-state index contributed by atoms with van der Waals surface area (Å²) >= 11 is 0. The molecule has 7 heteroatoms. The van der Waals surface area contributed by atoms with Gasteiger partial charge in [-0.15, -0.1) is 0 Å². The fraction of sp³-hybridized carbons (Fsp3) is 0.375. The van der Waals surface area contributed by atoms with Crippen molar-refractivity contribution in [3.63, 3.8) is 0 Å². The molecule has 23 heavy (non-hydrogen) atoms. The Bertz CT molecular complexity index is 747. The van der Waals surface area contributed by atoms with Crippen molar-refractivity contribution in [2.75, 3.05) is 21.3 Å². The van der Waals surface area contributed by atoms with E-state index in [0.717, 1.165) is 0 Å². The molecule has 0 amide bonds. The second-order valence-corrected chi connectivity index (χ2v) is 5.06. The Labute approximate surface area is 133 Å². The zero-order chi connectivity index (χ0) is 17.0. The highest BCUT2D eigenvalue weighted by molar-refractivity contribution is 5.71. The van der Waals surface area contributed by atoms with Crippen molar-refractivity contribution in [1.29, 1.82) is 0 Å². The van der Waals surface area contributed by atoms with Crippen LogP contribution in [0.4, 0.5) is 0 Å². The number of esters is 1. The molecule has 0 spiro atoms. The maximum absolute atomic E-state index is 12.1. The summed E-state index contributed by atoms with van der Waals surface area (Å²) in [6.07, 6.45) is 0.0287. The first kappa shape index (κ1) is 16.7. The van der Waals surface area contributed by atoms with E-state index in [1.54, 1.807) is 32.2 Å². The van der Waals surface area contributed by atoms with Crippen LogP contribution in [-0.2, 0) is 9.53 Å². The van der Waals surface area contributed by atoms with Crippen LogP contribution in [0.1, 0.15) is 29.2 Å². The number of aromatic amines is 2. The monoisotopic (exact) mass is 320 g/mol. The lowest BCUT2D eigenvalue weighted by Gasteiger charge is -2.19. The van der Waals surface area contributed by atoms with Gasteiger partial charge in [0, 0.05) is 28.8 Å². The molecule has 1 atom stereocenters. The number of H-pyrrole nitrogens is 2. The maximum atomic E-state index is 12.1. The molecular formula is C16H20N2O5. The fourth-order valence-electron chi connectivity index (χ4n) is 2.60. The summed E-state index contributed by atoms with van der Waals surface area (Å²) in [5.41, 5.74) is 1.60. The summed E-state index contributed by atoms with van der Waals surface area (Å²) < 4.78 is 15.4. The minimum Gasteiger partial charge on any atom is -0.497 e. The van der Waals surface area contributed by atoms with Gasteiger partial charge >= 0.3 is 5.97 Å². The molecule has 1 aromatic carbocycles.